The van der Waals surface area contributed by atoms with Gasteiger partial charge in [0.05, 0.1) is 10.7 Å². The molecule has 1 saturated heterocycles. The highest BCUT2D eigenvalue weighted by Crippen LogP contribution is 2.40. The van der Waals surface area contributed by atoms with Crippen LogP contribution in [0, 0.1) is 0 Å². The number of anilines is 1. The first kappa shape index (κ1) is 14.7. The maximum atomic E-state index is 11.1. The predicted molar refractivity (Wildman–Crippen MR) is 76.9 cm³/mol. The zero-order valence-corrected chi connectivity index (χ0v) is 12.4. The number of aromatic carboxylic acids is 1. The molecule has 7 heteroatoms. The molecule has 0 aliphatic carbocycles. The average molecular weight is 324 g/mol. The molecule has 1 aliphatic heterocycles. The van der Waals surface area contributed by atoms with Crippen molar-refractivity contribution in [1.82, 2.24) is 4.98 Å². The molecule has 1 aromatic rings. The zero-order valence-electron chi connectivity index (χ0n) is 10.1. The molecule has 19 heavy (non-hydrogen) atoms. The van der Waals surface area contributed by atoms with E-state index in [1.165, 1.54) is 0 Å². The van der Waals surface area contributed by atoms with Gasteiger partial charge in [0.25, 0.3) is 0 Å². The van der Waals surface area contributed by atoms with Crippen LogP contribution in [0.25, 0.3) is 0 Å². The molecule has 1 aliphatic rings. The van der Waals surface area contributed by atoms with Gasteiger partial charge in [0.15, 0.2) is 10.8 Å². The zero-order chi connectivity index (χ0) is 14.0. The molecule has 0 radical (unpaired) electrons. The fourth-order valence-electron chi connectivity index (χ4n) is 2.22. The summed E-state index contributed by atoms with van der Waals surface area (Å²) in [5.41, 5.74) is 0.234. The maximum Gasteiger partial charge on any atom is 0.356 e. The molecule has 0 saturated carbocycles. The van der Waals surface area contributed by atoms with E-state index in [2.05, 4.69) is 4.98 Å². The summed E-state index contributed by atoms with van der Waals surface area (Å²) in [5.74, 6) is -1.21. The van der Waals surface area contributed by atoms with Crippen LogP contribution in [0.4, 0.5) is 5.69 Å². The normalized spacial score (nSPS) is 16.3. The third-order valence-electron chi connectivity index (χ3n) is 3.14. The van der Waals surface area contributed by atoms with Crippen LogP contribution in [-0.4, -0.2) is 29.1 Å². The molecule has 0 spiro atoms. The Bertz CT molecular complexity index is 500. The smallest absolute Gasteiger partial charge is 0.356 e. The molecule has 1 N–H and O–H groups in total. The fraction of sp³-hybridized carbons (Fsp3) is 0.500. The summed E-state index contributed by atoms with van der Waals surface area (Å²) in [5, 5.41) is 9.35. The standard InChI is InChI=1S/C12H13Cl3N2O2/c13-7-9(12(18)19)16-11(15)8(14)10(7)17-5-3-1-2-4-6-17/h1-6H2,(H,18,19). The molecular weight excluding hydrogens is 311 g/mol. The van der Waals surface area contributed by atoms with Gasteiger partial charge in [-0.1, -0.05) is 47.6 Å². The molecular formula is C12H13Cl3N2O2. The molecule has 0 atom stereocenters. The van der Waals surface area contributed by atoms with E-state index >= 15 is 0 Å². The number of hydrogen-bond donors (Lipinski definition) is 1. The molecule has 4 nitrogen and oxygen atoms in total. The van der Waals surface area contributed by atoms with Crippen LogP contribution in [0.1, 0.15) is 36.2 Å². The number of pyridine rings is 1. The minimum absolute atomic E-state index is 0.0253. The van der Waals surface area contributed by atoms with Gasteiger partial charge in [-0.15, -0.1) is 0 Å². The highest BCUT2D eigenvalue weighted by molar-refractivity contribution is 6.46. The molecule has 2 heterocycles. The van der Waals surface area contributed by atoms with E-state index in [-0.39, 0.29) is 20.9 Å². The first-order chi connectivity index (χ1) is 9.02. The van der Waals surface area contributed by atoms with Gasteiger partial charge in [0.2, 0.25) is 0 Å². The van der Waals surface area contributed by atoms with Crippen molar-refractivity contribution >= 4 is 46.5 Å². The van der Waals surface area contributed by atoms with Crippen LogP contribution in [0.15, 0.2) is 0 Å². The van der Waals surface area contributed by atoms with Crippen LogP contribution in [-0.2, 0) is 0 Å². The molecule has 104 valence electrons. The van der Waals surface area contributed by atoms with Crippen LogP contribution in [0.3, 0.4) is 0 Å². The largest absolute Gasteiger partial charge is 0.476 e. The van der Waals surface area contributed by atoms with Crippen LogP contribution >= 0.6 is 34.8 Å². The summed E-state index contributed by atoms with van der Waals surface area (Å²) in [6.07, 6.45) is 4.34. The number of carboxylic acid groups (broad SMARTS) is 1. The summed E-state index contributed by atoms with van der Waals surface area (Å²) in [7, 11) is 0. The summed E-state index contributed by atoms with van der Waals surface area (Å²) in [6.45, 7) is 1.58. The molecule has 2 rings (SSSR count). The Morgan fingerprint density at radius 1 is 1.05 bits per heavy atom. The van der Waals surface area contributed by atoms with Crippen molar-refractivity contribution in [3.8, 4) is 0 Å². The second-order valence-electron chi connectivity index (χ2n) is 4.43. The lowest BCUT2D eigenvalue weighted by Gasteiger charge is -2.25. The minimum atomic E-state index is -1.21. The summed E-state index contributed by atoms with van der Waals surface area (Å²) in [6, 6.07) is 0. The Labute approximate surface area is 126 Å². The van der Waals surface area contributed by atoms with E-state index in [1.807, 2.05) is 4.90 Å². The average Bonchev–Trinajstić information content (AvgIpc) is 2.63. The first-order valence-electron chi connectivity index (χ1n) is 6.05. The lowest BCUT2D eigenvalue weighted by molar-refractivity contribution is 0.0691. The molecule has 0 bridgehead atoms. The Kier molecular flexibility index (Phi) is 4.76. The van der Waals surface area contributed by atoms with Gasteiger partial charge >= 0.3 is 5.97 Å². The second-order valence-corrected chi connectivity index (χ2v) is 5.55. The van der Waals surface area contributed by atoms with E-state index in [1.54, 1.807) is 0 Å². The number of rotatable bonds is 2. The van der Waals surface area contributed by atoms with E-state index in [0.717, 1.165) is 38.8 Å². The van der Waals surface area contributed by atoms with E-state index < -0.39 is 5.97 Å². The predicted octanol–water partition coefficient (Wildman–Crippen LogP) is 4.12. The number of aromatic nitrogens is 1. The molecule has 1 aromatic heterocycles. The Morgan fingerprint density at radius 3 is 2.16 bits per heavy atom. The molecule has 0 unspecified atom stereocenters. The van der Waals surface area contributed by atoms with Crippen molar-refractivity contribution in [3.63, 3.8) is 0 Å². The first-order valence-corrected chi connectivity index (χ1v) is 7.18. The highest BCUT2D eigenvalue weighted by Gasteiger charge is 2.25. The van der Waals surface area contributed by atoms with Gasteiger partial charge < -0.3 is 10.0 Å². The Hall–Kier alpha value is -0.710. The van der Waals surface area contributed by atoms with Crippen molar-refractivity contribution < 1.29 is 9.90 Å². The van der Waals surface area contributed by atoms with Gasteiger partial charge in [-0.05, 0) is 12.8 Å². The van der Waals surface area contributed by atoms with Crippen molar-refractivity contribution in [2.75, 3.05) is 18.0 Å². The lowest BCUT2D eigenvalue weighted by Crippen LogP contribution is -2.25. The van der Waals surface area contributed by atoms with Crippen molar-refractivity contribution in [2.24, 2.45) is 0 Å². The van der Waals surface area contributed by atoms with Gasteiger partial charge in [-0.3, -0.25) is 0 Å². The van der Waals surface area contributed by atoms with Crippen molar-refractivity contribution in [2.45, 2.75) is 25.7 Å². The minimum Gasteiger partial charge on any atom is -0.476 e. The van der Waals surface area contributed by atoms with Crippen molar-refractivity contribution in [1.29, 1.82) is 0 Å². The summed E-state index contributed by atoms with van der Waals surface area (Å²) < 4.78 is 0. The van der Waals surface area contributed by atoms with Crippen LogP contribution in [0.5, 0.6) is 0 Å². The van der Waals surface area contributed by atoms with Gasteiger partial charge in [-0.25, -0.2) is 9.78 Å². The lowest BCUT2D eigenvalue weighted by atomic mass is 10.2. The topological polar surface area (TPSA) is 53.4 Å². The number of hydrogen-bond acceptors (Lipinski definition) is 3. The van der Waals surface area contributed by atoms with Gasteiger partial charge in [0, 0.05) is 13.1 Å². The quantitative estimate of drug-likeness (QED) is 0.832. The summed E-state index contributed by atoms with van der Waals surface area (Å²) in [4.78, 5) is 16.8. The Morgan fingerprint density at radius 2 is 1.63 bits per heavy atom. The maximum absolute atomic E-state index is 11.1. The SMILES string of the molecule is O=C(O)c1nc(Cl)c(Cl)c(N2CCCCCC2)c1Cl. The molecule has 0 aromatic carbocycles. The van der Waals surface area contributed by atoms with Crippen LogP contribution < -0.4 is 4.90 Å². The number of carboxylic acids is 1. The monoisotopic (exact) mass is 322 g/mol. The molecule has 0 amide bonds. The highest BCUT2D eigenvalue weighted by atomic mass is 35.5. The van der Waals surface area contributed by atoms with E-state index in [9.17, 15) is 4.79 Å². The fourth-order valence-corrected chi connectivity index (χ4v) is 3.03. The number of carbonyl (C=O) groups is 1. The molecule has 1 fully saturated rings. The third kappa shape index (κ3) is 3.07. The number of halogens is 3. The van der Waals surface area contributed by atoms with Crippen LogP contribution in [0.2, 0.25) is 15.2 Å². The van der Waals surface area contributed by atoms with Gasteiger partial charge in [-0.2, -0.15) is 0 Å². The van der Waals surface area contributed by atoms with Crippen molar-refractivity contribution in [3.05, 3.63) is 20.9 Å². The summed E-state index contributed by atoms with van der Waals surface area (Å²) >= 11 is 18.2. The van der Waals surface area contributed by atoms with E-state index in [0.29, 0.717) is 5.69 Å². The van der Waals surface area contributed by atoms with E-state index in [4.69, 9.17) is 39.9 Å². The second kappa shape index (κ2) is 6.16. The number of nitrogens with zero attached hydrogens (tertiary/aromatic N) is 2. The third-order valence-corrected chi connectivity index (χ3v) is 4.23. The van der Waals surface area contributed by atoms with Gasteiger partial charge in [0.1, 0.15) is 5.02 Å². The Balaban J connectivity index is 2.50.